The van der Waals surface area contributed by atoms with Crippen LogP contribution in [0, 0.1) is 13.8 Å². The number of nitrogens with one attached hydrogen (secondary N) is 1. The number of hydrogen-bond acceptors (Lipinski definition) is 3. The van der Waals surface area contributed by atoms with Gasteiger partial charge in [-0.3, -0.25) is 0 Å². The summed E-state index contributed by atoms with van der Waals surface area (Å²) in [7, 11) is 1.72. The van der Waals surface area contributed by atoms with Gasteiger partial charge in [-0.25, -0.2) is 4.98 Å². The molecule has 4 heteroatoms. The third-order valence-corrected chi connectivity index (χ3v) is 3.57. The van der Waals surface area contributed by atoms with E-state index in [4.69, 9.17) is 4.74 Å². The van der Waals surface area contributed by atoms with Gasteiger partial charge in [0.25, 0.3) is 0 Å². The van der Waals surface area contributed by atoms with Crippen molar-refractivity contribution < 1.29 is 4.74 Å². The smallest absolute Gasteiger partial charge is 0.203 e. The molecule has 0 amide bonds. The lowest BCUT2D eigenvalue weighted by molar-refractivity contribution is 0.190. The molecule has 1 heterocycles. The summed E-state index contributed by atoms with van der Waals surface area (Å²) in [6, 6.07) is 8.78. The Morgan fingerprint density at radius 3 is 2.76 bits per heavy atom. The van der Waals surface area contributed by atoms with Gasteiger partial charge in [0.05, 0.1) is 12.3 Å². The number of methoxy groups -OCH3 is 1. The minimum atomic E-state index is 0.244. The van der Waals surface area contributed by atoms with Crippen LogP contribution in [0.15, 0.2) is 30.5 Å². The number of anilines is 1. The van der Waals surface area contributed by atoms with Crippen LogP contribution in [0.2, 0.25) is 0 Å². The summed E-state index contributed by atoms with van der Waals surface area (Å²) < 4.78 is 7.36. The quantitative estimate of drug-likeness (QED) is 0.850. The highest BCUT2D eigenvalue weighted by molar-refractivity contribution is 5.31. The normalized spacial score (nSPS) is 12.4. The predicted octanol–water partition coefficient (Wildman–Crippen LogP) is 3.19. The summed E-state index contributed by atoms with van der Waals surface area (Å²) in [5.74, 6) is 0.922. The molecular formula is C17H25N3O. The van der Waals surface area contributed by atoms with Gasteiger partial charge in [-0.2, -0.15) is 0 Å². The molecular weight excluding hydrogens is 262 g/mol. The maximum Gasteiger partial charge on any atom is 0.203 e. The number of ether oxygens (including phenoxy) is 1. The summed E-state index contributed by atoms with van der Waals surface area (Å²) in [4.78, 5) is 4.56. The molecule has 1 aromatic heterocycles. The van der Waals surface area contributed by atoms with Crippen LogP contribution in [0.4, 0.5) is 5.95 Å². The van der Waals surface area contributed by atoms with Crippen molar-refractivity contribution in [3.8, 4) is 0 Å². The second-order valence-corrected chi connectivity index (χ2v) is 5.58. The topological polar surface area (TPSA) is 39.1 Å². The van der Waals surface area contributed by atoms with Crippen molar-refractivity contribution in [2.24, 2.45) is 0 Å². The van der Waals surface area contributed by atoms with Gasteiger partial charge in [0.2, 0.25) is 5.95 Å². The van der Waals surface area contributed by atoms with Gasteiger partial charge in [0.1, 0.15) is 0 Å². The van der Waals surface area contributed by atoms with Crippen LogP contribution in [-0.4, -0.2) is 29.3 Å². The van der Waals surface area contributed by atoms with Crippen molar-refractivity contribution in [1.82, 2.24) is 9.55 Å². The van der Waals surface area contributed by atoms with Crippen LogP contribution in [-0.2, 0) is 17.7 Å². The molecule has 2 aromatic rings. The van der Waals surface area contributed by atoms with Crippen molar-refractivity contribution in [1.29, 1.82) is 0 Å². The van der Waals surface area contributed by atoms with E-state index in [0.29, 0.717) is 6.61 Å². The van der Waals surface area contributed by atoms with Gasteiger partial charge in [-0.1, -0.05) is 24.3 Å². The van der Waals surface area contributed by atoms with E-state index in [2.05, 4.69) is 59.2 Å². The third-order valence-electron chi connectivity index (χ3n) is 3.57. The first-order valence-electron chi connectivity index (χ1n) is 7.44. The molecule has 0 saturated carbocycles. The molecule has 0 radical (unpaired) electrons. The first kappa shape index (κ1) is 15.6. The predicted molar refractivity (Wildman–Crippen MR) is 86.8 cm³/mol. The molecule has 1 aromatic carbocycles. The van der Waals surface area contributed by atoms with E-state index < -0.39 is 0 Å². The molecule has 0 aliphatic rings. The number of imidazole rings is 1. The largest absolute Gasteiger partial charge is 0.383 e. The summed E-state index contributed by atoms with van der Waals surface area (Å²) in [6.45, 7) is 7.88. The van der Waals surface area contributed by atoms with Crippen LogP contribution in [0.3, 0.4) is 0 Å². The van der Waals surface area contributed by atoms with Crippen molar-refractivity contribution in [3.05, 3.63) is 47.3 Å². The Kier molecular flexibility index (Phi) is 5.39. The number of aromatic nitrogens is 2. The molecule has 1 unspecified atom stereocenters. The summed E-state index contributed by atoms with van der Waals surface area (Å²) in [6.07, 6.45) is 3.11. The molecule has 0 saturated heterocycles. The summed E-state index contributed by atoms with van der Waals surface area (Å²) in [5, 5.41) is 3.41. The van der Waals surface area contributed by atoms with E-state index in [1.54, 1.807) is 7.11 Å². The maximum absolute atomic E-state index is 5.17. The van der Waals surface area contributed by atoms with Gasteiger partial charge in [0, 0.05) is 25.9 Å². The standard InChI is InChI=1S/C17H25N3O/c1-13-7-5-6-8-16(13)9-10-20-11-14(2)18-17(20)19-15(3)12-21-4/h5-8,11,15H,9-10,12H2,1-4H3,(H,18,19). The van der Waals surface area contributed by atoms with E-state index >= 15 is 0 Å². The third kappa shape index (κ3) is 4.33. The molecule has 1 atom stereocenters. The minimum absolute atomic E-state index is 0.244. The molecule has 0 aliphatic carbocycles. The molecule has 0 bridgehead atoms. The number of nitrogens with zero attached hydrogens (tertiary/aromatic N) is 2. The average Bonchev–Trinajstić information content (AvgIpc) is 2.78. The number of benzene rings is 1. The number of hydrogen-bond donors (Lipinski definition) is 1. The zero-order valence-electron chi connectivity index (χ0n) is 13.4. The van der Waals surface area contributed by atoms with Gasteiger partial charge in [-0.05, 0) is 38.3 Å². The highest BCUT2D eigenvalue weighted by Gasteiger charge is 2.09. The molecule has 0 spiro atoms. The Morgan fingerprint density at radius 2 is 2.05 bits per heavy atom. The lowest BCUT2D eigenvalue weighted by Gasteiger charge is -2.15. The van der Waals surface area contributed by atoms with Crippen LogP contribution in [0.5, 0.6) is 0 Å². The van der Waals surface area contributed by atoms with Crippen molar-refractivity contribution in [3.63, 3.8) is 0 Å². The zero-order chi connectivity index (χ0) is 15.2. The average molecular weight is 287 g/mol. The molecule has 21 heavy (non-hydrogen) atoms. The molecule has 4 nitrogen and oxygen atoms in total. The molecule has 0 aliphatic heterocycles. The molecule has 2 rings (SSSR count). The Labute approximate surface area is 127 Å². The molecule has 0 fully saturated rings. The van der Waals surface area contributed by atoms with Gasteiger partial charge in [-0.15, -0.1) is 0 Å². The van der Waals surface area contributed by atoms with Crippen LogP contribution in [0.25, 0.3) is 0 Å². The fourth-order valence-electron chi connectivity index (χ4n) is 2.48. The Bertz CT molecular complexity index is 577. The second kappa shape index (κ2) is 7.27. The van der Waals surface area contributed by atoms with Crippen molar-refractivity contribution in [2.45, 2.75) is 39.8 Å². The van der Waals surface area contributed by atoms with E-state index in [-0.39, 0.29) is 6.04 Å². The second-order valence-electron chi connectivity index (χ2n) is 5.58. The van der Waals surface area contributed by atoms with E-state index in [1.165, 1.54) is 11.1 Å². The number of aryl methyl sites for hydroxylation is 4. The lowest BCUT2D eigenvalue weighted by Crippen LogP contribution is -2.23. The van der Waals surface area contributed by atoms with E-state index in [1.807, 2.05) is 6.92 Å². The monoisotopic (exact) mass is 287 g/mol. The van der Waals surface area contributed by atoms with Crippen molar-refractivity contribution in [2.75, 3.05) is 19.0 Å². The van der Waals surface area contributed by atoms with Gasteiger partial charge < -0.3 is 14.6 Å². The highest BCUT2D eigenvalue weighted by Crippen LogP contribution is 2.14. The van der Waals surface area contributed by atoms with E-state index in [9.17, 15) is 0 Å². The fraction of sp³-hybridized carbons (Fsp3) is 0.471. The first-order valence-corrected chi connectivity index (χ1v) is 7.44. The Morgan fingerprint density at radius 1 is 1.29 bits per heavy atom. The highest BCUT2D eigenvalue weighted by atomic mass is 16.5. The van der Waals surface area contributed by atoms with Crippen molar-refractivity contribution >= 4 is 5.95 Å². The lowest BCUT2D eigenvalue weighted by atomic mass is 10.1. The molecule has 114 valence electrons. The molecule has 1 N–H and O–H groups in total. The van der Waals surface area contributed by atoms with Crippen LogP contribution < -0.4 is 5.32 Å². The van der Waals surface area contributed by atoms with E-state index in [0.717, 1.165) is 24.6 Å². The maximum atomic E-state index is 5.17. The zero-order valence-corrected chi connectivity index (χ0v) is 13.4. The SMILES string of the molecule is COCC(C)Nc1nc(C)cn1CCc1ccccc1C. The fourth-order valence-corrected chi connectivity index (χ4v) is 2.48. The Balaban J connectivity index is 2.04. The summed E-state index contributed by atoms with van der Waals surface area (Å²) in [5.41, 5.74) is 3.77. The van der Waals surface area contributed by atoms with Gasteiger partial charge >= 0.3 is 0 Å². The Hall–Kier alpha value is -1.81. The first-order chi connectivity index (χ1) is 10.1. The minimum Gasteiger partial charge on any atom is -0.383 e. The van der Waals surface area contributed by atoms with Crippen LogP contribution in [0.1, 0.15) is 23.7 Å². The van der Waals surface area contributed by atoms with Crippen LogP contribution >= 0.6 is 0 Å². The number of rotatable bonds is 7. The summed E-state index contributed by atoms with van der Waals surface area (Å²) >= 11 is 0. The van der Waals surface area contributed by atoms with Gasteiger partial charge in [0.15, 0.2) is 0 Å².